The Morgan fingerprint density at radius 2 is 1.88 bits per heavy atom. The molecule has 1 atom stereocenters. The molecule has 172 valence electrons. The lowest BCUT2D eigenvalue weighted by Crippen LogP contribution is -2.41. The van der Waals surface area contributed by atoms with Crippen LogP contribution in [-0.2, 0) is 6.54 Å². The first-order valence-electron chi connectivity index (χ1n) is 11.4. The Balaban J connectivity index is 1.77. The molecule has 4 rings (SSSR count). The van der Waals surface area contributed by atoms with Crippen molar-refractivity contribution in [2.24, 2.45) is 5.73 Å². The summed E-state index contributed by atoms with van der Waals surface area (Å²) >= 11 is 0. The lowest BCUT2D eigenvalue weighted by Gasteiger charge is -2.32. The van der Waals surface area contributed by atoms with Gasteiger partial charge >= 0.3 is 0 Å². The second-order valence-electron chi connectivity index (χ2n) is 8.44. The predicted octanol–water partition coefficient (Wildman–Crippen LogP) is 3.86. The van der Waals surface area contributed by atoms with Crippen LogP contribution in [0.5, 0.6) is 0 Å². The highest BCUT2D eigenvalue weighted by Crippen LogP contribution is 2.38. The van der Waals surface area contributed by atoms with Gasteiger partial charge in [0.25, 0.3) is 11.5 Å². The summed E-state index contributed by atoms with van der Waals surface area (Å²) in [6.07, 6.45) is 4.24. The molecule has 2 aromatic carbocycles. The van der Waals surface area contributed by atoms with Crippen LogP contribution in [0.15, 0.2) is 65.6 Å². The Morgan fingerprint density at radius 1 is 1.18 bits per heavy atom. The molecule has 0 saturated heterocycles. The van der Waals surface area contributed by atoms with E-state index in [2.05, 4.69) is 0 Å². The topological polar surface area (TPSA) is 81.2 Å². The molecule has 1 amide bonds. The fourth-order valence-electron chi connectivity index (χ4n) is 4.22. The highest BCUT2D eigenvalue weighted by molar-refractivity contribution is 5.94. The molecule has 6 nitrogen and oxygen atoms in total. The minimum absolute atomic E-state index is 0.0493. The number of aromatic nitrogens is 2. The van der Waals surface area contributed by atoms with Crippen molar-refractivity contribution >= 4 is 5.91 Å². The van der Waals surface area contributed by atoms with E-state index in [1.54, 1.807) is 15.7 Å². The van der Waals surface area contributed by atoms with E-state index in [-0.39, 0.29) is 23.9 Å². The Labute approximate surface area is 192 Å². The van der Waals surface area contributed by atoms with Crippen molar-refractivity contribution in [3.8, 4) is 0 Å². The lowest BCUT2D eigenvalue weighted by atomic mass is 10.1. The number of hydrogen-bond donors (Lipinski definition) is 1. The van der Waals surface area contributed by atoms with Crippen molar-refractivity contribution < 1.29 is 9.18 Å². The third-order valence-electron chi connectivity index (χ3n) is 6.09. The second-order valence-corrected chi connectivity index (χ2v) is 8.44. The zero-order valence-corrected chi connectivity index (χ0v) is 18.8. The van der Waals surface area contributed by atoms with Crippen LogP contribution in [0.2, 0.25) is 0 Å². The zero-order valence-electron chi connectivity index (χ0n) is 18.8. The number of benzene rings is 2. The van der Waals surface area contributed by atoms with Crippen molar-refractivity contribution in [2.75, 3.05) is 13.1 Å². The van der Waals surface area contributed by atoms with E-state index in [0.717, 1.165) is 24.0 Å². The van der Waals surface area contributed by atoms with Gasteiger partial charge in [0.15, 0.2) is 0 Å². The molecule has 1 aromatic heterocycles. The summed E-state index contributed by atoms with van der Waals surface area (Å²) < 4.78 is 15.1. The van der Waals surface area contributed by atoms with Gasteiger partial charge in [-0.05, 0) is 55.0 Å². The molecular formula is C26H29FN4O2. The van der Waals surface area contributed by atoms with Crippen LogP contribution in [0.4, 0.5) is 4.39 Å². The van der Waals surface area contributed by atoms with Crippen LogP contribution in [0.1, 0.15) is 65.5 Å². The van der Waals surface area contributed by atoms with Gasteiger partial charge < -0.3 is 10.6 Å². The Kier molecular flexibility index (Phi) is 6.99. The molecule has 0 aliphatic heterocycles. The van der Waals surface area contributed by atoms with Crippen LogP contribution in [-0.4, -0.2) is 33.4 Å². The summed E-state index contributed by atoms with van der Waals surface area (Å²) in [7, 11) is 0. The molecule has 1 unspecified atom stereocenters. The lowest BCUT2D eigenvalue weighted by molar-refractivity contribution is 0.0663. The monoisotopic (exact) mass is 448 g/mol. The molecule has 0 radical (unpaired) electrons. The molecule has 0 spiro atoms. The molecule has 1 heterocycles. The first-order valence-corrected chi connectivity index (χ1v) is 11.4. The second kappa shape index (κ2) is 10.1. The fourth-order valence-corrected chi connectivity index (χ4v) is 4.22. The number of carbonyl (C=O) groups excluding carboxylic acids is 1. The summed E-state index contributed by atoms with van der Waals surface area (Å²) in [6.45, 7) is 2.88. The fraction of sp³-hybridized carbons (Fsp3) is 0.346. The number of rotatable bonds is 9. The van der Waals surface area contributed by atoms with E-state index in [4.69, 9.17) is 10.7 Å². The number of carbonyl (C=O) groups is 1. The van der Waals surface area contributed by atoms with Crippen molar-refractivity contribution in [1.82, 2.24) is 14.5 Å². The van der Waals surface area contributed by atoms with E-state index in [1.807, 2.05) is 37.3 Å². The molecule has 1 fully saturated rings. The number of hydrogen-bond acceptors (Lipinski definition) is 4. The molecule has 1 aliphatic carbocycles. The SMILES string of the molecule is CCC(c1ncc(C2CC2)c(=O)n1Cc1ccccc1)N(CCN)C(=O)c1ccc(F)cc1. The first kappa shape index (κ1) is 22.9. The highest BCUT2D eigenvalue weighted by Gasteiger charge is 2.32. The van der Waals surface area contributed by atoms with Gasteiger partial charge in [-0.25, -0.2) is 9.37 Å². The average Bonchev–Trinajstić information content (AvgIpc) is 3.67. The van der Waals surface area contributed by atoms with Crippen molar-refractivity contribution in [3.05, 3.63) is 99.5 Å². The van der Waals surface area contributed by atoms with Crippen LogP contribution in [0, 0.1) is 5.82 Å². The molecule has 33 heavy (non-hydrogen) atoms. The van der Waals surface area contributed by atoms with Crippen LogP contribution < -0.4 is 11.3 Å². The van der Waals surface area contributed by atoms with Crippen molar-refractivity contribution in [3.63, 3.8) is 0 Å². The van der Waals surface area contributed by atoms with Crippen LogP contribution in [0.25, 0.3) is 0 Å². The Hall–Kier alpha value is -3.32. The van der Waals surface area contributed by atoms with E-state index < -0.39 is 11.9 Å². The third-order valence-corrected chi connectivity index (χ3v) is 6.09. The maximum Gasteiger partial charge on any atom is 0.257 e. The minimum Gasteiger partial charge on any atom is -0.329 e. The quantitative estimate of drug-likeness (QED) is 0.539. The Bertz CT molecular complexity index is 1160. The third kappa shape index (κ3) is 5.03. The van der Waals surface area contributed by atoms with Crippen LogP contribution >= 0.6 is 0 Å². The number of halogens is 1. The molecule has 3 aromatic rings. The van der Waals surface area contributed by atoms with E-state index >= 15 is 0 Å². The van der Waals surface area contributed by atoms with Gasteiger partial charge in [-0.1, -0.05) is 37.3 Å². The summed E-state index contributed by atoms with van der Waals surface area (Å²) in [5.74, 6) is 0.138. The summed E-state index contributed by atoms with van der Waals surface area (Å²) in [6, 6.07) is 14.8. The average molecular weight is 449 g/mol. The number of amides is 1. The molecule has 7 heteroatoms. The van der Waals surface area contributed by atoms with E-state index in [1.165, 1.54) is 24.3 Å². The van der Waals surface area contributed by atoms with Gasteiger partial charge in [0.05, 0.1) is 12.6 Å². The van der Waals surface area contributed by atoms with E-state index in [9.17, 15) is 14.0 Å². The van der Waals surface area contributed by atoms with Crippen molar-refractivity contribution in [1.29, 1.82) is 0 Å². The summed E-state index contributed by atoms with van der Waals surface area (Å²) in [5.41, 5.74) is 7.90. The van der Waals surface area contributed by atoms with Gasteiger partial charge in [-0.3, -0.25) is 14.2 Å². The van der Waals surface area contributed by atoms with E-state index in [0.29, 0.717) is 30.9 Å². The molecule has 0 bridgehead atoms. The summed E-state index contributed by atoms with van der Waals surface area (Å²) in [5, 5.41) is 0. The first-order chi connectivity index (χ1) is 16.0. The number of nitrogens with zero attached hydrogens (tertiary/aromatic N) is 3. The maximum atomic E-state index is 13.5. The molecule has 1 aliphatic rings. The smallest absolute Gasteiger partial charge is 0.257 e. The molecular weight excluding hydrogens is 419 g/mol. The van der Waals surface area contributed by atoms with Gasteiger partial charge in [-0.15, -0.1) is 0 Å². The molecule has 1 saturated carbocycles. The normalized spacial score (nSPS) is 14.2. The largest absolute Gasteiger partial charge is 0.329 e. The van der Waals surface area contributed by atoms with Crippen LogP contribution in [0.3, 0.4) is 0 Å². The van der Waals surface area contributed by atoms with Gasteiger partial charge in [0, 0.05) is 30.4 Å². The van der Waals surface area contributed by atoms with Gasteiger partial charge in [-0.2, -0.15) is 0 Å². The molecule has 2 N–H and O–H groups in total. The van der Waals surface area contributed by atoms with Crippen molar-refractivity contribution in [2.45, 2.75) is 44.7 Å². The zero-order chi connectivity index (χ0) is 23.4. The van der Waals surface area contributed by atoms with Gasteiger partial charge in [0.1, 0.15) is 11.6 Å². The minimum atomic E-state index is -0.448. The Morgan fingerprint density at radius 3 is 2.48 bits per heavy atom. The highest BCUT2D eigenvalue weighted by atomic mass is 19.1. The number of nitrogens with two attached hydrogens (primary N) is 1. The maximum absolute atomic E-state index is 13.5. The predicted molar refractivity (Wildman–Crippen MR) is 126 cm³/mol. The van der Waals surface area contributed by atoms with Gasteiger partial charge in [0.2, 0.25) is 0 Å². The standard InChI is InChI=1S/C26H29FN4O2/c1-2-23(30(15-14-28)25(32)20-10-12-21(27)13-11-20)24-29-16-22(19-8-9-19)26(33)31(24)17-18-6-4-3-5-7-18/h3-7,10-13,16,19,23H,2,8-9,14-15,17,28H2,1H3. The summed E-state index contributed by atoms with van der Waals surface area (Å²) in [4.78, 5) is 33.3.